The molecule has 2 aliphatic heterocycles. The average Bonchev–Trinajstić information content (AvgIpc) is 3.39. The van der Waals surface area contributed by atoms with E-state index in [0.717, 1.165) is 31.4 Å². The summed E-state index contributed by atoms with van der Waals surface area (Å²) in [4.78, 5) is 1.85. The van der Waals surface area contributed by atoms with Crippen molar-refractivity contribution < 1.29 is 17.9 Å². The molecule has 162 valence electrons. The molecule has 0 bridgehead atoms. The molecule has 0 atom stereocenters. The normalized spacial score (nSPS) is 20.3. The molecule has 3 aliphatic rings. The van der Waals surface area contributed by atoms with Gasteiger partial charge in [-0.3, -0.25) is 4.40 Å². The third-order valence-electron chi connectivity index (χ3n) is 7.10. The Labute approximate surface area is 177 Å². The first kappa shape index (κ1) is 19.0. The number of para-hydroxylation sites is 1. The Kier molecular flexibility index (Phi) is 4.04. The zero-order chi connectivity index (χ0) is 21.2. The van der Waals surface area contributed by atoms with Gasteiger partial charge in [-0.2, -0.15) is 13.2 Å². The summed E-state index contributed by atoms with van der Waals surface area (Å²) < 4.78 is 50.0. The van der Waals surface area contributed by atoms with Crippen LogP contribution in [-0.2, 0) is 18.0 Å². The van der Waals surface area contributed by atoms with Gasteiger partial charge in [-0.1, -0.05) is 18.2 Å². The number of aromatic nitrogens is 3. The van der Waals surface area contributed by atoms with E-state index in [4.69, 9.17) is 4.74 Å². The van der Waals surface area contributed by atoms with Crippen molar-refractivity contribution in [3.05, 3.63) is 53.5 Å². The van der Waals surface area contributed by atoms with Crippen molar-refractivity contribution in [2.45, 2.75) is 43.7 Å². The summed E-state index contributed by atoms with van der Waals surface area (Å²) in [7, 11) is 0. The van der Waals surface area contributed by atoms with Gasteiger partial charge in [-0.25, -0.2) is 0 Å². The Bertz CT molecular complexity index is 1140. The SMILES string of the molecule is FC(F)(F)c1c(N2CCC3(CC2)COc2ccccc23)ccn2c(CC3CC3)nnc12. The van der Waals surface area contributed by atoms with Crippen molar-refractivity contribution in [3.63, 3.8) is 0 Å². The summed E-state index contributed by atoms with van der Waals surface area (Å²) in [6.07, 6.45) is 1.63. The number of anilines is 1. The lowest BCUT2D eigenvalue weighted by atomic mass is 9.74. The van der Waals surface area contributed by atoms with Gasteiger partial charge in [0.25, 0.3) is 0 Å². The van der Waals surface area contributed by atoms with Crippen LogP contribution in [-0.4, -0.2) is 34.3 Å². The number of nitrogens with zero attached hydrogens (tertiary/aromatic N) is 4. The molecule has 1 saturated heterocycles. The van der Waals surface area contributed by atoms with E-state index in [9.17, 15) is 13.2 Å². The largest absolute Gasteiger partial charge is 0.492 e. The molecule has 3 aromatic rings. The van der Waals surface area contributed by atoms with E-state index in [0.29, 0.717) is 37.9 Å². The van der Waals surface area contributed by atoms with Gasteiger partial charge in [0.05, 0.1) is 12.3 Å². The molecule has 1 aromatic carbocycles. The summed E-state index contributed by atoms with van der Waals surface area (Å²) in [5, 5.41) is 8.07. The molecule has 1 spiro atoms. The summed E-state index contributed by atoms with van der Waals surface area (Å²) >= 11 is 0. The van der Waals surface area contributed by atoms with Gasteiger partial charge < -0.3 is 9.64 Å². The lowest BCUT2D eigenvalue weighted by Crippen LogP contribution is -2.44. The number of hydrogen-bond acceptors (Lipinski definition) is 4. The number of piperidine rings is 1. The van der Waals surface area contributed by atoms with Crippen LogP contribution in [0.2, 0.25) is 0 Å². The Hall–Kier alpha value is -2.77. The zero-order valence-corrected chi connectivity index (χ0v) is 17.0. The van der Waals surface area contributed by atoms with Crippen LogP contribution in [0.4, 0.5) is 18.9 Å². The highest BCUT2D eigenvalue weighted by molar-refractivity contribution is 5.67. The number of rotatable bonds is 3. The first-order valence-electron chi connectivity index (χ1n) is 10.9. The van der Waals surface area contributed by atoms with Gasteiger partial charge >= 0.3 is 6.18 Å². The average molecular weight is 428 g/mol. The summed E-state index contributed by atoms with van der Waals surface area (Å²) in [6.45, 7) is 1.68. The van der Waals surface area contributed by atoms with Crippen molar-refractivity contribution >= 4 is 11.3 Å². The molecule has 31 heavy (non-hydrogen) atoms. The monoisotopic (exact) mass is 428 g/mol. The number of halogens is 3. The van der Waals surface area contributed by atoms with Gasteiger partial charge in [0, 0.05) is 36.7 Å². The lowest BCUT2D eigenvalue weighted by Gasteiger charge is -2.40. The second kappa shape index (κ2) is 6.61. The summed E-state index contributed by atoms with van der Waals surface area (Å²) in [6, 6.07) is 9.60. The van der Waals surface area contributed by atoms with Crippen LogP contribution in [0.3, 0.4) is 0 Å². The quantitative estimate of drug-likeness (QED) is 0.610. The van der Waals surface area contributed by atoms with Crippen molar-refractivity contribution in [1.29, 1.82) is 0 Å². The fourth-order valence-corrected chi connectivity index (χ4v) is 5.16. The molecule has 1 saturated carbocycles. The van der Waals surface area contributed by atoms with Crippen LogP contribution in [0.5, 0.6) is 5.75 Å². The van der Waals surface area contributed by atoms with E-state index in [1.165, 1.54) is 9.96 Å². The van der Waals surface area contributed by atoms with E-state index < -0.39 is 11.7 Å². The van der Waals surface area contributed by atoms with Crippen molar-refractivity contribution in [1.82, 2.24) is 14.6 Å². The first-order chi connectivity index (χ1) is 14.9. The minimum atomic E-state index is -4.50. The number of benzene rings is 1. The topological polar surface area (TPSA) is 42.7 Å². The predicted octanol–water partition coefficient (Wildman–Crippen LogP) is 4.63. The molecule has 5 nitrogen and oxygen atoms in total. The van der Waals surface area contributed by atoms with Crippen LogP contribution in [0.1, 0.15) is 42.6 Å². The highest BCUT2D eigenvalue weighted by Gasteiger charge is 2.45. The second-order valence-electron chi connectivity index (χ2n) is 9.08. The minimum absolute atomic E-state index is 0.0875. The molecule has 0 N–H and O–H groups in total. The Morgan fingerprint density at radius 1 is 1.06 bits per heavy atom. The molecular formula is C23H23F3N4O. The maximum absolute atomic E-state index is 14.2. The second-order valence-corrected chi connectivity index (χ2v) is 9.08. The van der Waals surface area contributed by atoms with Crippen LogP contribution in [0.15, 0.2) is 36.5 Å². The number of alkyl halides is 3. The third-order valence-corrected chi connectivity index (χ3v) is 7.10. The first-order valence-corrected chi connectivity index (χ1v) is 10.9. The van der Waals surface area contributed by atoms with Crippen LogP contribution in [0.25, 0.3) is 5.65 Å². The van der Waals surface area contributed by atoms with Crippen molar-refractivity contribution in [2.75, 3.05) is 24.6 Å². The van der Waals surface area contributed by atoms with Crippen LogP contribution < -0.4 is 9.64 Å². The number of hydrogen-bond donors (Lipinski definition) is 0. The maximum Gasteiger partial charge on any atom is 0.422 e. The molecule has 2 aromatic heterocycles. The number of ether oxygens (including phenoxy) is 1. The maximum atomic E-state index is 14.2. The van der Waals surface area contributed by atoms with Crippen LogP contribution in [0, 0.1) is 5.92 Å². The minimum Gasteiger partial charge on any atom is -0.492 e. The fourth-order valence-electron chi connectivity index (χ4n) is 5.16. The molecule has 4 heterocycles. The van der Waals surface area contributed by atoms with Crippen molar-refractivity contribution in [2.24, 2.45) is 5.92 Å². The Balaban J connectivity index is 1.33. The van der Waals surface area contributed by atoms with Gasteiger partial charge in [0.1, 0.15) is 17.1 Å². The summed E-state index contributed by atoms with van der Waals surface area (Å²) in [5.74, 6) is 2.04. The molecule has 8 heteroatoms. The number of fused-ring (bicyclic) bond motifs is 3. The van der Waals surface area contributed by atoms with Gasteiger partial charge in [0.2, 0.25) is 0 Å². The van der Waals surface area contributed by atoms with E-state index in [2.05, 4.69) is 16.3 Å². The molecule has 1 aliphatic carbocycles. The molecule has 0 amide bonds. The number of pyridine rings is 1. The van der Waals surface area contributed by atoms with Gasteiger partial charge in [-0.05, 0) is 43.7 Å². The fraction of sp³-hybridized carbons (Fsp3) is 0.478. The molecule has 2 fully saturated rings. The highest BCUT2D eigenvalue weighted by Crippen LogP contribution is 2.47. The Morgan fingerprint density at radius 3 is 2.58 bits per heavy atom. The van der Waals surface area contributed by atoms with Gasteiger partial charge in [0.15, 0.2) is 5.65 Å². The standard InChI is InChI=1S/C23H23F3N4O/c24-23(25,26)20-17(7-10-30-19(13-15-5-6-15)27-28-21(20)30)29-11-8-22(9-12-29)14-31-18-4-2-1-3-16(18)22/h1-4,7,10,15H,5-6,8-9,11-14H2. The lowest BCUT2D eigenvalue weighted by molar-refractivity contribution is -0.136. The van der Waals surface area contributed by atoms with E-state index in [-0.39, 0.29) is 16.7 Å². The van der Waals surface area contributed by atoms with E-state index >= 15 is 0 Å². The molecule has 6 rings (SSSR count). The smallest absolute Gasteiger partial charge is 0.422 e. The van der Waals surface area contributed by atoms with Crippen molar-refractivity contribution in [3.8, 4) is 5.75 Å². The highest BCUT2D eigenvalue weighted by atomic mass is 19.4. The molecular weight excluding hydrogens is 405 g/mol. The predicted molar refractivity (Wildman–Crippen MR) is 109 cm³/mol. The van der Waals surface area contributed by atoms with E-state index in [1.54, 1.807) is 12.3 Å². The summed E-state index contributed by atoms with van der Waals surface area (Å²) in [5.41, 5.74) is 0.511. The molecule has 0 radical (unpaired) electrons. The van der Waals surface area contributed by atoms with Gasteiger partial charge in [-0.15, -0.1) is 10.2 Å². The Morgan fingerprint density at radius 2 is 1.84 bits per heavy atom. The van der Waals surface area contributed by atoms with E-state index in [1.807, 2.05) is 23.1 Å². The zero-order valence-electron chi connectivity index (χ0n) is 17.0. The molecule has 0 unspecified atom stereocenters. The third kappa shape index (κ3) is 3.06. The van der Waals surface area contributed by atoms with Crippen LogP contribution >= 0.6 is 0 Å².